The molecule has 0 amide bonds. The maximum absolute atomic E-state index is 9.08. The van der Waals surface area contributed by atoms with Gasteiger partial charge in [0.05, 0.1) is 0 Å². The average molecular weight is 252 g/mol. The van der Waals surface area contributed by atoms with Gasteiger partial charge in [0.1, 0.15) is 5.75 Å². The predicted octanol–water partition coefficient (Wildman–Crippen LogP) is 5.84. The average Bonchev–Trinajstić information content (AvgIpc) is 2.31. The summed E-state index contributed by atoms with van der Waals surface area (Å²) < 4.78 is 0. The summed E-state index contributed by atoms with van der Waals surface area (Å²) in [5.41, 5.74) is 1.29. The fourth-order valence-corrected chi connectivity index (χ4v) is 1.16. The molecule has 0 bridgehead atoms. The van der Waals surface area contributed by atoms with Crippen molar-refractivity contribution in [1.29, 1.82) is 0 Å². The highest BCUT2D eigenvalue weighted by atomic mass is 16.3. The number of phenolic OH excluding ortho intramolecular Hbond substituents is 1. The molecule has 1 nitrogen and oxygen atoms in total. The van der Waals surface area contributed by atoms with Gasteiger partial charge < -0.3 is 5.11 Å². The summed E-state index contributed by atoms with van der Waals surface area (Å²) in [6.45, 7) is 17.1. The van der Waals surface area contributed by atoms with E-state index < -0.39 is 0 Å². The van der Waals surface area contributed by atoms with Crippen molar-refractivity contribution in [2.75, 3.05) is 0 Å². The Morgan fingerprint density at radius 1 is 0.778 bits per heavy atom. The molecule has 18 heavy (non-hydrogen) atoms. The molecule has 106 valence electrons. The van der Waals surface area contributed by atoms with E-state index in [0.717, 1.165) is 5.92 Å². The molecule has 1 rings (SSSR count). The summed E-state index contributed by atoms with van der Waals surface area (Å²) in [5.74, 6) is 2.38. The molecule has 1 aromatic carbocycles. The van der Waals surface area contributed by atoms with Crippen LogP contribution in [-0.2, 0) is 0 Å². The van der Waals surface area contributed by atoms with Gasteiger partial charge in [-0.25, -0.2) is 0 Å². The van der Waals surface area contributed by atoms with Crippen LogP contribution >= 0.6 is 0 Å². The van der Waals surface area contributed by atoms with Crippen molar-refractivity contribution in [2.45, 2.75) is 61.3 Å². The Labute approximate surface area is 114 Å². The van der Waals surface area contributed by atoms with Crippen molar-refractivity contribution in [2.24, 2.45) is 11.8 Å². The third kappa shape index (κ3) is 10.2. The first-order chi connectivity index (χ1) is 8.34. The maximum Gasteiger partial charge on any atom is 0.115 e. The summed E-state index contributed by atoms with van der Waals surface area (Å²) in [7, 11) is 0. The molecule has 1 unspecified atom stereocenters. The molecule has 1 aromatic rings. The molecule has 0 heterocycles. The summed E-state index contributed by atoms with van der Waals surface area (Å²) in [4.78, 5) is 0. The number of hydrogen-bond acceptors (Lipinski definition) is 1. The Morgan fingerprint density at radius 3 is 1.39 bits per heavy atom. The van der Waals surface area contributed by atoms with E-state index >= 15 is 0 Å². The number of hydrogen-bond donors (Lipinski definition) is 1. The van der Waals surface area contributed by atoms with E-state index in [2.05, 4.69) is 41.5 Å². The zero-order valence-corrected chi connectivity index (χ0v) is 13.5. The molecular weight excluding hydrogens is 220 g/mol. The molecule has 1 heteroatoms. The predicted molar refractivity (Wildman–Crippen MR) is 83.2 cm³/mol. The lowest BCUT2D eigenvalue weighted by Gasteiger charge is -2.15. The Morgan fingerprint density at radius 2 is 1.11 bits per heavy atom. The van der Waals surface area contributed by atoms with Crippen LogP contribution in [0.2, 0.25) is 0 Å². The second-order valence-corrected chi connectivity index (χ2v) is 5.36. The molecule has 0 spiro atoms. The van der Waals surface area contributed by atoms with Gasteiger partial charge >= 0.3 is 0 Å². The molecular formula is C17H32O. The van der Waals surface area contributed by atoms with E-state index in [1.165, 1.54) is 5.56 Å². The number of benzene rings is 1. The van der Waals surface area contributed by atoms with Crippen molar-refractivity contribution in [3.63, 3.8) is 0 Å². The SMILES string of the molecule is CC.CC(C)C.CC(C)C(C)c1ccc(O)cc1. The van der Waals surface area contributed by atoms with Crippen molar-refractivity contribution >= 4 is 0 Å². The van der Waals surface area contributed by atoms with E-state index in [4.69, 9.17) is 5.11 Å². The Kier molecular flexibility index (Phi) is 12.0. The Hall–Kier alpha value is -0.980. The highest BCUT2D eigenvalue weighted by Crippen LogP contribution is 2.24. The highest BCUT2D eigenvalue weighted by Gasteiger charge is 2.08. The van der Waals surface area contributed by atoms with Crippen LogP contribution in [0.25, 0.3) is 0 Å². The highest BCUT2D eigenvalue weighted by molar-refractivity contribution is 5.28. The Bertz CT molecular complexity index is 269. The van der Waals surface area contributed by atoms with E-state index in [1.54, 1.807) is 12.1 Å². The minimum absolute atomic E-state index is 0.342. The second kappa shape index (κ2) is 11.1. The summed E-state index contributed by atoms with van der Waals surface area (Å²) in [5, 5.41) is 9.08. The lowest BCUT2D eigenvalue weighted by atomic mass is 9.90. The topological polar surface area (TPSA) is 20.2 Å². The normalized spacial score (nSPS) is 11.2. The lowest BCUT2D eigenvalue weighted by Crippen LogP contribution is -2.01. The van der Waals surface area contributed by atoms with E-state index in [-0.39, 0.29) is 0 Å². The minimum Gasteiger partial charge on any atom is -0.508 e. The van der Waals surface area contributed by atoms with Crippen LogP contribution in [0.15, 0.2) is 24.3 Å². The monoisotopic (exact) mass is 252 g/mol. The minimum atomic E-state index is 0.342. The summed E-state index contributed by atoms with van der Waals surface area (Å²) in [6, 6.07) is 7.46. The van der Waals surface area contributed by atoms with Gasteiger partial charge in [0.2, 0.25) is 0 Å². The van der Waals surface area contributed by atoms with Gasteiger partial charge in [-0.3, -0.25) is 0 Å². The maximum atomic E-state index is 9.08. The van der Waals surface area contributed by atoms with Crippen molar-refractivity contribution < 1.29 is 5.11 Å². The summed E-state index contributed by atoms with van der Waals surface area (Å²) in [6.07, 6.45) is 0. The first-order valence-corrected chi connectivity index (χ1v) is 7.13. The quantitative estimate of drug-likeness (QED) is 0.701. The Balaban J connectivity index is 0. The molecule has 0 aliphatic carbocycles. The molecule has 0 aliphatic rings. The third-order valence-corrected chi connectivity index (χ3v) is 2.42. The molecule has 0 saturated carbocycles. The van der Waals surface area contributed by atoms with Gasteiger partial charge in [0, 0.05) is 0 Å². The zero-order chi connectivity index (χ0) is 14.7. The van der Waals surface area contributed by atoms with Crippen LogP contribution in [0.4, 0.5) is 0 Å². The van der Waals surface area contributed by atoms with Gasteiger partial charge in [0.25, 0.3) is 0 Å². The van der Waals surface area contributed by atoms with Gasteiger partial charge in [-0.15, -0.1) is 0 Å². The van der Waals surface area contributed by atoms with Crippen LogP contribution < -0.4 is 0 Å². The summed E-state index contributed by atoms with van der Waals surface area (Å²) >= 11 is 0. The molecule has 1 N–H and O–H groups in total. The lowest BCUT2D eigenvalue weighted by molar-refractivity contribution is 0.473. The number of rotatable bonds is 2. The molecule has 1 atom stereocenters. The number of phenols is 1. The van der Waals surface area contributed by atoms with Crippen molar-refractivity contribution in [1.82, 2.24) is 0 Å². The van der Waals surface area contributed by atoms with E-state index in [0.29, 0.717) is 17.6 Å². The van der Waals surface area contributed by atoms with Gasteiger partial charge in [0.15, 0.2) is 0 Å². The van der Waals surface area contributed by atoms with Gasteiger partial charge in [-0.05, 0) is 35.4 Å². The molecule has 0 saturated heterocycles. The van der Waals surface area contributed by atoms with Gasteiger partial charge in [-0.2, -0.15) is 0 Å². The van der Waals surface area contributed by atoms with Crippen molar-refractivity contribution in [3.8, 4) is 5.75 Å². The first-order valence-electron chi connectivity index (χ1n) is 7.13. The molecule has 0 aromatic heterocycles. The molecule has 0 radical (unpaired) electrons. The van der Waals surface area contributed by atoms with E-state index in [9.17, 15) is 0 Å². The fraction of sp³-hybridized carbons (Fsp3) is 0.647. The van der Waals surface area contributed by atoms with Crippen molar-refractivity contribution in [3.05, 3.63) is 29.8 Å². The zero-order valence-electron chi connectivity index (χ0n) is 13.5. The van der Waals surface area contributed by atoms with Crippen LogP contribution in [-0.4, -0.2) is 5.11 Å². The second-order valence-electron chi connectivity index (χ2n) is 5.36. The molecule has 0 aliphatic heterocycles. The van der Waals surface area contributed by atoms with Crippen LogP contribution in [0.5, 0.6) is 5.75 Å². The standard InChI is InChI=1S/C11H16O.C4H10.C2H6/c1-8(2)9(3)10-4-6-11(12)7-5-10;1-4(2)3;1-2/h4-9,12H,1-3H3;4H,1-3H3;1-2H3. The van der Waals surface area contributed by atoms with Gasteiger partial charge in [-0.1, -0.05) is 67.5 Å². The van der Waals surface area contributed by atoms with Crippen LogP contribution in [0.1, 0.15) is 66.9 Å². The fourth-order valence-electron chi connectivity index (χ4n) is 1.16. The third-order valence-electron chi connectivity index (χ3n) is 2.42. The van der Waals surface area contributed by atoms with Crippen LogP contribution in [0, 0.1) is 11.8 Å². The molecule has 0 fully saturated rings. The largest absolute Gasteiger partial charge is 0.508 e. The van der Waals surface area contributed by atoms with E-state index in [1.807, 2.05) is 26.0 Å². The van der Waals surface area contributed by atoms with Crippen LogP contribution in [0.3, 0.4) is 0 Å². The first kappa shape index (κ1) is 19.4. The smallest absolute Gasteiger partial charge is 0.115 e. The number of aromatic hydroxyl groups is 1.